The first-order valence-electron chi connectivity index (χ1n) is 7.71. The lowest BCUT2D eigenvalue weighted by Gasteiger charge is -2.33. The first-order valence-corrected chi connectivity index (χ1v) is 7.71. The van der Waals surface area contributed by atoms with Crippen LogP contribution in [0, 0.1) is 0 Å². The summed E-state index contributed by atoms with van der Waals surface area (Å²) >= 11 is 0. The van der Waals surface area contributed by atoms with Crippen molar-refractivity contribution in [3.63, 3.8) is 0 Å². The monoisotopic (exact) mass is 297 g/mol. The highest BCUT2D eigenvalue weighted by Crippen LogP contribution is 2.32. The Morgan fingerprint density at radius 1 is 1.27 bits per heavy atom. The SMILES string of the molecule is O=C(N1CC[C@@H](c2cn[nH]c2)C1)N1CCNc2ccccc21. The molecule has 2 aromatic rings. The molecule has 2 amide bonds. The van der Waals surface area contributed by atoms with E-state index >= 15 is 0 Å². The fourth-order valence-electron chi connectivity index (χ4n) is 3.34. The topological polar surface area (TPSA) is 64.3 Å². The predicted octanol–water partition coefficient (Wildman–Crippen LogP) is 2.25. The molecular formula is C16H19N5O. The number of likely N-dealkylation sites (tertiary alicyclic amines) is 1. The normalized spacial score (nSPS) is 20.6. The van der Waals surface area contributed by atoms with Crippen molar-refractivity contribution in [3.8, 4) is 0 Å². The maximum Gasteiger partial charge on any atom is 0.324 e. The summed E-state index contributed by atoms with van der Waals surface area (Å²) < 4.78 is 0. The Labute approximate surface area is 129 Å². The fraction of sp³-hybridized carbons (Fsp3) is 0.375. The van der Waals surface area contributed by atoms with E-state index in [0.29, 0.717) is 12.5 Å². The van der Waals surface area contributed by atoms with E-state index in [9.17, 15) is 4.79 Å². The molecule has 1 aromatic heterocycles. The Morgan fingerprint density at radius 2 is 2.18 bits per heavy atom. The largest absolute Gasteiger partial charge is 0.382 e. The number of rotatable bonds is 1. The van der Waals surface area contributed by atoms with Crippen molar-refractivity contribution in [1.29, 1.82) is 0 Å². The van der Waals surface area contributed by atoms with Crippen LogP contribution < -0.4 is 10.2 Å². The summed E-state index contributed by atoms with van der Waals surface area (Å²) in [4.78, 5) is 16.7. The Bertz CT molecular complexity index is 669. The third-order valence-corrected chi connectivity index (χ3v) is 4.53. The average Bonchev–Trinajstić information content (AvgIpc) is 3.24. The summed E-state index contributed by atoms with van der Waals surface area (Å²) in [6, 6.07) is 8.10. The van der Waals surface area contributed by atoms with Gasteiger partial charge in [0.25, 0.3) is 0 Å². The van der Waals surface area contributed by atoms with Crippen LogP contribution in [0.1, 0.15) is 17.9 Å². The number of nitrogens with one attached hydrogen (secondary N) is 2. The van der Waals surface area contributed by atoms with Crippen LogP contribution in [-0.4, -0.2) is 47.3 Å². The number of H-pyrrole nitrogens is 1. The van der Waals surface area contributed by atoms with Crippen LogP contribution in [0.4, 0.5) is 16.2 Å². The summed E-state index contributed by atoms with van der Waals surface area (Å²) in [6.07, 6.45) is 4.79. The number of fused-ring (bicyclic) bond motifs is 1. The number of amides is 2. The highest BCUT2D eigenvalue weighted by molar-refractivity contribution is 5.96. The molecule has 2 N–H and O–H groups in total. The number of hydrogen-bond acceptors (Lipinski definition) is 3. The molecule has 6 nitrogen and oxygen atoms in total. The quantitative estimate of drug-likeness (QED) is 0.848. The van der Waals surface area contributed by atoms with Gasteiger partial charge in [-0.15, -0.1) is 0 Å². The van der Waals surface area contributed by atoms with Gasteiger partial charge in [-0.25, -0.2) is 4.79 Å². The second-order valence-corrected chi connectivity index (χ2v) is 5.84. The molecule has 0 spiro atoms. The molecule has 0 radical (unpaired) electrons. The van der Waals surface area contributed by atoms with Crippen LogP contribution in [0.15, 0.2) is 36.7 Å². The summed E-state index contributed by atoms with van der Waals surface area (Å²) in [5.74, 6) is 0.390. The third-order valence-electron chi connectivity index (χ3n) is 4.53. The van der Waals surface area contributed by atoms with E-state index in [2.05, 4.69) is 15.5 Å². The molecule has 2 aliphatic heterocycles. The van der Waals surface area contributed by atoms with E-state index in [4.69, 9.17) is 0 Å². The van der Waals surface area contributed by atoms with E-state index < -0.39 is 0 Å². The van der Waals surface area contributed by atoms with Crippen LogP contribution in [0.2, 0.25) is 0 Å². The van der Waals surface area contributed by atoms with Gasteiger partial charge in [0.15, 0.2) is 0 Å². The summed E-state index contributed by atoms with van der Waals surface area (Å²) in [6.45, 7) is 3.08. The lowest BCUT2D eigenvalue weighted by atomic mass is 10.0. The predicted molar refractivity (Wildman–Crippen MR) is 85.2 cm³/mol. The van der Waals surface area contributed by atoms with Crippen LogP contribution in [0.25, 0.3) is 0 Å². The second-order valence-electron chi connectivity index (χ2n) is 5.84. The first-order chi connectivity index (χ1) is 10.8. The molecule has 0 bridgehead atoms. The van der Waals surface area contributed by atoms with Gasteiger partial charge in [-0.05, 0) is 24.1 Å². The number of hydrogen-bond donors (Lipinski definition) is 2. The Balaban J connectivity index is 1.51. The Morgan fingerprint density at radius 3 is 3.05 bits per heavy atom. The Hall–Kier alpha value is -2.50. The van der Waals surface area contributed by atoms with Crippen LogP contribution in [0.3, 0.4) is 0 Å². The highest BCUT2D eigenvalue weighted by Gasteiger charge is 2.32. The lowest BCUT2D eigenvalue weighted by molar-refractivity contribution is 0.215. The maximum absolute atomic E-state index is 12.9. The number of nitrogens with zero attached hydrogens (tertiary/aromatic N) is 3. The zero-order valence-corrected chi connectivity index (χ0v) is 12.3. The molecule has 1 aromatic carbocycles. The molecule has 0 aliphatic carbocycles. The van der Waals surface area contributed by atoms with Crippen LogP contribution >= 0.6 is 0 Å². The van der Waals surface area contributed by atoms with Crippen LogP contribution in [0.5, 0.6) is 0 Å². The van der Waals surface area contributed by atoms with Crippen molar-refractivity contribution in [2.75, 3.05) is 36.4 Å². The number of anilines is 2. The summed E-state index contributed by atoms with van der Waals surface area (Å²) in [5, 5.41) is 10.2. The molecule has 1 saturated heterocycles. The van der Waals surface area contributed by atoms with E-state index in [1.165, 1.54) is 5.56 Å². The number of benzene rings is 1. The number of carbonyl (C=O) groups excluding carboxylic acids is 1. The van der Waals surface area contributed by atoms with Gasteiger partial charge in [0, 0.05) is 38.3 Å². The maximum atomic E-state index is 12.9. The number of aromatic amines is 1. The van der Waals surface area contributed by atoms with Gasteiger partial charge in [0.1, 0.15) is 0 Å². The number of aromatic nitrogens is 2. The molecular weight excluding hydrogens is 278 g/mol. The lowest BCUT2D eigenvalue weighted by Crippen LogP contribution is -2.46. The third kappa shape index (κ3) is 2.20. The first kappa shape index (κ1) is 13.2. The molecule has 0 saturated carbocycles. The van der Waals surface area contributed by atoms with E-state index in [0.717, 1.165) is 37.4 Å². The molecule has 2 aliphatic rings. The van der Waals surface area contributed by atoms with E-state index in [1.807, 2.05) is 46.5 Å². The van der Waals surface area contributed by atoms with Gasteiger partial charge in [0.05, 0.1) is 17.6 Å². The highest BCUT2D eigenvalue weighted by atomic mass is 16.2. The minimum Gasteiger partial charge on any atom is -0.382 e. The van der Waals surface area contributed by atoms with Gasteiger partial charge >= 0.3 is 6.03 Å². The number of urea groups is 1. The molecule has 1 fully saturated rings. The van der Waals surface area contributed by atoms with Gasteiger partial charge < -0.3 is 10.2 Å². The van der Waals surface area contributed by atoms with Crippen molar-refractivity contribution < 1.29 is 4.79 Å². The van der Waals surface area contributed by atoms with Crippen molar-refractivity contribution in [1.82, 2.24) is 15.1 Å². The van der Waals surface area contributed by atoms with Crippen LogP contribution in [-0.2, 0) is 0 Å². The van der Waals surface area contributed by atoms with E-state index in [1.54, 1.807) is 0 Å². The zero-order valence-electron chi connectivity index (χ0n) is 12.3. The fourth-order valence-corrected chi connectivity index (χ4v) is 3.34. The molecule has 4 rings (SSSR count). The standard InChI is InChI=1S/C16H19N5O/c22-16(20-7-5-12(11-20)13-9-18-19-10-13)21-8-6-17-14-3-1-2-4-15(14)21/h1-4,9-10,12,17H,5-8,11H2,(H,18,19)/t12-/m1/s1. The van der Waals surface area contributed by atoms with Gasteiger partial charge in [-0.2, -0.15) is 5.10 Å². The zero-order chi connectivity index (χ0) is 14.9. The van der Waals surface area contributed by atoms with Crippen molar-refractivity contribution in [3.05, 3.63) is 42.2 Å². The summed E-state index contributed by atoms with van der Waals surface area (Å²) in [7, 11) is 0. The molecule has 0 unspecified atom stereocenters. The van der Waals surface area contributed by atoms with Crippen molar-refractivity contribution >= 4 is 17.4 Å². The second kappa shape index (κ2) is 5.36. The minimum absolute atomic E-state index is 0.111. The number of carbonyl (C=O) groups is 1. The van der Waals surface area contributed by atoms with Gasteiger partial charge in [-0.1, -0.05) is 12.1 Å². The van der Waals surface area contributed by atoms with Crippen molar-refractivity contribution in [2.24, 2.45) is 0 Å². The molecule has 22 heavy (non-hydrogen) atoms. The summed E-state index contributed by atoms with van der Waals surface area (Å²) in [5.41, 5.74) is 3.20. The van der Waals surface area contributed by atoms with Crippen molar-refractivity contribution in [2.45, 2.75) is 12.3 Å². The molecule has 1 atom stereocenters. The Kier molecular flexibility index (Phi) is 3.21. The van der Waals surface area contributed by atoms with E-state index in [-0.39, 0.29) is 6.03 Å². The van der Waals surface area contributed by atoms with Gasteiger partial charge in [-0.3, -0.25) is 10.00 Å². The molecule has 6 heteroatoms. The smallest absolute Gasteiger partial charge is 0.324 e. The molecule has 114 valence electrons. The van der Waals surface area contributed by atoms with Gasteiger partial charge in [0.2, 0.25) is 0 Å². The molecule has 3 heterocycles. The average molecular weight is 297 g/mol. The minimum atomic E-state index is 0.111. The number of para-hydroxylation sites is 2.